The normalized spacial score (nSPS) is 15.5. The van der Waals surface area contributed by atoms with E-state index in [0.717, 1.165) is 52.5 Å². The Labute approximate surface area is 242 Å². The van der Waals surface area contributed by atoms with E-state index in [1.165, 1.54) is 0 Å². The molecule has 5 rings (SSSR count). The standard InChI is InChI=1S/C35H37ClN2O2/c1-37(2)33(39)35(30-9-5-3-6-10-30,31-11-7-4-8-12-31)23-26-38-24-21-34(40,22-25-38)29-17-13-27(14-18-29)28-15-19-32(36)20-16-28/h3-20,40H,21-26H2,1-2H3. The second-order valence-corrected chi connectivity index (χ2v) is 11.5. The molecule has 1 aliphatic heterocycles. The fraction of sp³-hybridized carbons (Fsp3) is 0.286. The summed E-state index contributed by atoms with van der Waals surface area (Å²) in [7, 11) is 3.67. The molecule has 40 heavy (non-hydrogen) atoms. The van der Waals surface area contributed by atoms with Crippen LogP contribution in [0.5, 0.6) is 0 Å². The van der Waals surface area contributed by atoms with Crippen molar-refractivity contribution in [1.29, 1.82) is 0 Å². The first-order valence-electron chi connectivity index (χ1n) is 14.0. The van der Waals surface area contributed by atoms with Gasteiger partial charge in [-0.2, -0.15) is 0 Å². The van der Waals surface area contributed by atoms with Crippen LogP contribution in [0.25, 0.3) is 11.1 Å². The molecule has 4 aromatic carbocycles. The van der Waals surface area contributed by atoms with Crippen LogP contribution < -0.4 is 0 Å². The molecule has 1 amide bonds. The van der Waals surface area contributed by atoms with Crippen LogP contribution >= 0.6 is 11.6 Å². The minimum atomic E-state index is -0.857. The molecule has 0 aromatic heterocycles. The highest BCUT2D eigenvalue weighted by atomic mass is 35.5. The fourth-order valence-electron chi connectivity index (χ4n) is 6.01. The molecule has 206 valence electrons. The van der Waals surface area contributed by atoms with Crippen LogP contribution in [0.3, 0.4) is 0 Å². The van der Waals surface area contributed by atoms with Gasteiger partial charge in [0.25, 0.3) is 0 Å². The van der Waals surface area contributed by atoms with E-state index in [1.807, 2.05) is 86.9 Å². The summed E-state index contributed by atoms with van der Waals surface area (Å²) < 4.78 is 0. The van der Waals surface area contributed by atoms with Crippen LogP contribution in [0, 0.1) is 0 Å². The molecule has 0 spiro atoms. The Kier molecular flexibility index (Phi) is 8.41. The van der Waals surface area contributed by atoms with E-state index in [2.05, 4.69) is 41.3 Å². The van der Waals surface area contributed by atoms with E-state index in [-0.39, 0.29) is 5.91 Å². The summed E-state index contributed by atoms with van der Waals surface area (Å²) in [6.45, 7) is 2.30. The molecule has 0 saturated carbocycles. The molecule has 1 saturated heterocycles. The molecule has 0 bridgehead atoms. The van der Waals surface area contributed by atoms with Crippen LogP contribution in [0.15, 0.2) is 109 Å². The Morgan fingerprint density at radius 3 is 1.75 bits per heavy atom. The van der Waals surface area contributed by atoms with Crippen molar-refractivity contribution in [1.82, 2.24) is 9.80 Å². The number of likely N-dealkylation sites (N-methyl/N-ethyl adjacent to an activating group) is 1. The largest absolute Gasteiger partial charge is 0.385 e. The number of halogens is 1. The van der Waals surface area contributed by atoms with E-state index in [0.29, 0.717) is 19.3 Å². The summed E-state index contributed by atoms with van der Waals surface area (Å²) in [6.07, 6.45) is 1.96. The third-order valence-electron chi connectivity index (χ3n) is 8.39. The van der Waals surface area contributed by atoms with Gasteiger partial charge < -0.3 is 14.9 Å². The van der Waals surface area contributed by atoms with Crippen LogP contribution in [-0.4, -0.2) is 54.5 Å². The highest BCUT2D eigenvalue weighted by Crippen LogP contribution is 2.39. The van der Waals surface area contributed by atoms with Gasteiger partial charge in [0.2, 0.25) is 5.91 Å². The topological polar surface area (TPSA) is 43.8 Å². The first-order valence-corrected chi connectivity index (χ1v) is 14.3. The van der Waals surface area contributed by atoms with Gasteiger partial charge in [-0.3, -0.25) is 4.79 Å². The number of carbonyl (C=O) groups excluding carboxylic acids is 1. The number of likely N-dealkylation sites (tertiary alicyclic amines) is 1. The Balaban J connectivity index is 1.32. The van der Waals surface area contributed by atoms with Crippen molar-refractivity contribution in [3.63, 3.8) is 0 Å². The third-order valence-corrected chi connectivity index (χ3v) is 8.64. The Morgan fingerprint density at radius 1 is 0.800 bits per heavy atom. The third kappa shape index (κ3) is 5.71. The maximum atomic E-state index is 13.9. The summed E-state index contributed by atoms with van der Waals surface area (Å²) in [5.41, 5.74) is 3.54. The molecular weight excluding hydrogens is 516 g/mol. The summed E-state index contributed by atoms with van der Waals surface area (Å²) in [4.78, 5) is 18.0. The predicted octanol–water partition coefficient (Wildman–Crippen LogP) is 6.76. The first-order chi connectivity index (χ1) is 19.3. The maximum Gasteiger partial charge on any atom is 0.237 e. The number of amides is 1. The molecular formula is C35H37ClN2O2. The van der Waals surface area contributed by atoms with Crippen molar-refractivity contribution in [3.8, 4) is 11.1 Å². The molecule has 4 nitrogen and oxygen atoms in total. The smallest absolute Gasteiger partial charge is 0.237 e. The zero-order valence-corrected chi connectivity index (χ0v) is 24.0. The van der Waals surface area contributed by atoms with Crippen LogP contribution in [-0.2, 0) is 15.8 Å². The average molecular weight is 553 g/mol. The van der Waals surface area contributed by atoms with E-state index in [4.69, 9.17) is 11.6 Å². The van der Waals surface area contributed by atoms with Crippen LogP contribution in [0.2, 0.25) is 5.02 Å². The van der Waals surface area contributed by atoms with Crippen molar-refractivity contribution >= 4 is 17.5 Å². The van der Waals surface area contributed by atoms with Gasteiger partial charge in [0.15, 0.2) is 0 Å². The molecule has 0 unspecified atom stereocenters. The quantitative estimate of drug-likeness (QED) is 0.263. The second-order valence-electron chi connectivity index (χ2n) is 11.0. The van der Waals surface area contributed by atoms with E-state index >= 15 is 0 Å². The summed E-state index contributed by atoms with van der Waals surface area (Å²) in [5.74, 6) is 0.0826. The van der Waals surface area contributed by atoms with Gasteiger partial charge in [0, 0.05) is 32.2 Å². The fourth-order valence-corrected chi connectivity index (χ4v) is 6.14. The maximum absolute atomic E-state index is 13.9. The molecule has 0 radical (unpaired) electrons. The summed E-state index contributed by atoms with van der Waals surface area (Å²) in [5, 5.41) is 12.3. The lowest BCUT2D eigenvalue weighted by molar-refractivity contribution is -0.133. The van der Waals surface area contributed by atoms with Crippen molar-refractivity contribution < 1.29 is 9.90 Å². The van der Waals surface area contributed by atoms with Crippen molar-refractivity contribution in [3.05, 3.63) is 131 Å². The SMILES string of the molecule is CN(C)C(=O)C(CCN1CCC(O)(c2ccc(-c3ccc(Cl)cc3)cc2)CC1)(c1ccccc1)c1ccccc1. The van der Waals surface area contributed by atoms with Crippen LogP contribution in [0.1, 0.15) is 36.0 Å². The second kappa shape index (κ2) is 12.0. The molecule has 1 aliphatic rings. The number of piperidine rings is 1. The monoisotopic (exact) mass is 552 g/mol. The average Bonchev–Trinajstić information content (AvgIpc) is 3.00. The number of hydrogen-bond donors (Lipinski definition) is 1. The van der Waals surface area contributed by atoms with Gasteiger partial charge in [0.1, 0.15) is 5.41 Å². The number of aliphatic hydroxyl groups is 1. The minimum absolute atomic E-state index is 0.0826. The van der Waals surface area contributed by atoms with Gasteiger partial charge in [-0.05, 0) is 65.8 Å². The van der Waals surface area contributed by atoms with Gasteiger partial charge >= 0.3 is 0 Å². The zero-order chi connectivity index (χ0) is 28.2. The van der Waals surface area contributed by atoms with Gasteiger partial charge in [-0.25, -0.2) is 0 Å². The number of benzene rings is 4. The van der Waals surface area contributed by atoms with E-state index in [9.17, 15) is 9.90 Å². The molecule has 1 heterocycles. The van der Waals surface area contributed by atoms with Gasteiger partial charge in [-0.1, -0.05) is 109 Å². The summed E-state index contributed by atoms with van der Waals surface area (Å²) >= 11 is 6.04. The lowest BCUT2D eigenvalue weighted by Gasteiger charge is -2.41. The predicted molar refractivity (Wildman–Crippen MR) is 163 cm³/mol. The van der Waals surface area contributed by atoms with Gasteiger partial charge in [-0.15, -0.1) is 0 Å². The van der Waals surface area contributed by atoms with Crippen molar-refractivity contribution in [2.45, 2.75) is 30.3 Å². The highest BCUT2D eigenvalue weighted by molar-refractivity contribution is 6.30. The number of nitrogens with zero attached hydrogens (tertiary/aromatic N) is 2. The van der Waals surface area contributed by atoms with Gasteiger partial charge in [0.05, 0.1) is 5.60 Å². The van der Waals surface area contributed by atoms with Crippen molar-refractivity contribution in [2.24, 2.45) is 0 Å². The summed E-state index contributed by atoms with van der Waals surface area (Å²) in [6, 6.07) is 36.3. The molecule has 1 fully saturated rings. The van der Waals surface area contributed by atoms with E-state index < -0.39 is 11.0 Å². The molecule has 4 aromatic rings. The molecule has 0 atom stereocenters. The lowest BCUT2D eigenvalue weighted by Crippen LogP contribution is -2.48. The molecule has 1 N–H and O–H groups in total. The Bertz CT molecular complexity index is 1360. The number of rotatable bonds is 8. The lowest BCUT2D eigenvalue weighted by atomic mass is 9.70. The highest BCUT2D eigenvalue weighted by Gasteiger charge is 2.43. The van der Waals surface area contributed by atoms with Crippen LogP contribution in [0.4, 0.5) is 0 Å². The first kappa shape index (κ1) is 28.1. The number of hydrogen-bond acceptors (Lipinski definition) is 3. The minimum Gasteiger partial charge on any atom is -0.385 e. The molecule has 5 heteroatoms. The Morgan fingerprint density at radius 2 is 1.27 bits per heavy atom. The molecule has 0 aliphatic carbocycles. The van der Waals surface area contributed by atoms with Crippen molar-refractivity contribution in [2.75, 3.05) is 33.7 Å². The Hall–Kier alpha value is -3.44. The van der Waals surface area contributed by atoms with E-state index in [1.54, 1.807) is 4.90 Å². The zero-order valence-electron chi connectivity index (χ0n) is 23.3. The number of carbonyl (C=O) groups is 1.